The highest BCUT2D eigenvalue weighted by molar-refractivity contribution is 7.07. The van der Waals surface area contributed by atoms with E-state index in [9.17, 15) is 0 Å². The van der Waals surface area contributed by atoms with E-state index in [0.29, 0.717) is 6.04 Å². The number of thiophene rings is 1. The standard InChI is InChI=1S/C11H17NS/c1-2-3-4-5-11(12)8-10-6-7-13-9-10/h2,6-7,9,11H,1,3-5,8,12H2. The predicted molar refractivity (Wildman–Crippen MR) is 60.0 cm³/mol. The molecule has 0 amide bonds. The van der Waals surface area contributed by atoms with Gasteiger partial charge in [-0.2, -0.15) is 11.3 Å². The molecule has 1 atom stereocenters. The van der Waals surface area contributed by atoms with E-state index in [-0.39, 0.29) is 0 Å². The molecule has 1 unspecified atom stereocenters. The largest absolute Gasteiger partial charge is 0.327 e. The highest BCUT2D eigenvalue weighted by Gasteiger charge is 2.03. The molecule has 2 heteroatoms. The minimum absolute atomic E-state index is 0.314. The maximum absolute atomic E-state index is 5.98. The minimum atomic E-state index is 0.314. The molecular weight excluding hydrogens is 178 g/mol. The maximum Gasteiger partial charge on any atom is 0.00797 e. The van der Waals surface area contributed by atoms with Crippen molar-refractivity contribution in [3.8, 4) is 0 Å². The fraction of sp³-hybridized carbons (Fsp3) is 0.455. The Morgan fingerprint density at radius 1 is 1.62 bits per heavy atom. The monoisotopic (exact) mass is 195 g/mol. The van der Waals surface area contributed by atoms with E-state index in [0.717, 1.165) is 25.7 Å². The highest BCUT2D eigenvalue weighted by atomic mass is 32.1. The molecule has 0 aromatic carbocycles. The lowest BCUT2D eigenvalue weighted by atomic mass is 10.0. The second-order valence-electron chi connectivity index (χ2n) is 3.32. The van der Waals surface area contributed by atoms with Crippen molar-refractivity contribution in [3.63, 3.8) is 0 Å². The Morgan fingerprint density at radius 3 is 3.08 bits per heavy atom. The van der Waals surface area contributed by atoms with Gasteiger partial charge in [0.2, 0.25) is 0 Å². The van der Waals surface area contributed by atoms with Gasteiger partial charge in [0.25, 0.3) is 0 Å². The Balaban J connectivity index is 2.17. The zero-order valence-electron chi connectivity index (χ0n) is 7.91. The normalized spacial score (nSPS) is 12.7. The van der Waals surface area contributed by atoms with Crippen molar-refractivity contribution in [2.45, 2.75) is 31.7 Å². The minimum Gasteiger partial charge on any atom is -0.327 e. The second-order valence-corrected chi connectivity index (χ2v) is 4.10. The molecule has 1 aromatic rings. The average Bonchev–Trinajstić information content (AvgIpc) is 2.57. The molecule has 13 heavy (non-hydrogen) atoms. The fourth-order valence-electron chi connectivity index (χ4n) is 1.34. The third-order valence-corrected chi connectivity index (χ3v) is 2.79. The molecule has 0 aliphatic rings. The molecule has 0 saturated heterocycles. The van der Waals surface area contributed by atoms with Crippen LogP contribution in [0.5, 0.6) is 0 Å². The number of rotatable bonds is 6. The molecular formula is C11H17NS. The van der Waals surface area contributed by atoms with Gasteiger partial charge in [-0.3, -0.25) is 0 Å². The Kier molecular flexibility index (Phi) is 4.79. The van der Waals surface area contributed by atoms with Crippen molar-refractivity contribution in [2.24, 2.45) is 5.73 Å². The van der Waals surface area contributed by atoms with Crippen molar-refractivity contribution in [2.75, 3.05) is 0 Å². The fourth-order valence-corrected chi connectivity index (χ4v) is 2.02. The Morgan fingerprint density at radius 2 is 2.46 bits per heavy atom. The SMILES string of the molecule is C=CCCCC(N)Cc1ccsc1. The highest BCUT2D eigenvalue weighted by Crippen LogP contribution is 2.10. The molecule has 1 aromatic heterocycles. The van der Waals surface area contributed by atoms with Crippen molar-refractivity contribution >= 4 is 11.3 Å². The van der Waals surface area contributed by atoms with Gasteiger partial charge in [-0.1, -0.05) is 6.08 Å². The topological polar surface area (TPSA) is 26.0 Å². The summed E-state index contributed by atoms with van der Waals surface area (Å²) in [6.07, 6.45) is 6.31. The lowest BCUT2D eigenvalue weighted by molar-refractivity contribution is 0.585. The van der Waals surface area contributed by atoms with Crippen LogP contribution in [0, 0.1) is 0 Å². The molecule has 1 heterocycles. The van der Waals surface area contributed by atoms with Crippen LogP contribution < -0.4 is 5.73 Å². The van der Waals surface area contributed by atoms with Gasteiger partial charge in [0.15, 0.2) is 0 Å². The first-order valence-electron chi connectivity index (χ1n) is 4.70. The average molecular weight is 195 g/mol. The van der Waals surface area contributed by atoms with Crippen LogP contribution in [0.1, 0.15) is 24.8 Å². The van der Waals surface area contributed by atoms with Gasteiger partial charge >= 0.3 is 0 Å². The molecule has 1 nitrogen and oxygen atoms in total. The van der Waals surface area contributed by atoms with Gasteiger partial charge < -0.3 is 5.73 Å². The van der Waals surface area contributed by atoms with Crippen LogP contribution in [0.2, 0.25) is 0 Å². The van der Waals surface area contributed by atoms with E-state index in [1.54, 1.807) is 11.3 Å². The maximum atomic E-state index is 5.98. The van der Waals surface area contributed by atoms with E-state index in [2.05, 4.69) is 23.4 Å². The van der Waals surface area contributed by atoms with E-state index < -0.39 is 0 Å². The third kappa shape index (κ3) is 4.25. The summed E-state index contributed by atoms with van der Waals surface area (Å²) in [4.78, 5) is 0. The molecule has 0 aliphatic carbocycles. The molecule has 0 aliphatic heterocycles. The zero-order valence-corrected chi connectivity index (χ0v) is 8.72. The third-order valence-electron chi connectivity index (χ3n) is 2.06. The van der Waals surface area contributed by atoms with E-state index in [1.807, 2.05) is 6.08 Å². The van der Waals surface area contributed by atoms with Crippen molar-refractivity contribution in [1.29, 1.82) is 0 Å². The number of hydrogen-bond acceptors (Lipinski definition) is 2. The van der Waals surface area contributed by atoms with Crippen molar-refractivity contribution in [3.05, 3.63) is 35.0 Å². The molecule has 0 spiro atoms. The Hall–Kier alpha value is -0.600. The van der Waals surface area contributed by atoms with Gasteiger partial charge in [-0.25, -0.2) is 0 Å². The van der Waals surface area contributed by atoms with Crippen LogP contribution in [-0.2, 0) is 6.42 Å². The quantitative estimate of drug-likeness (QED) is 0.548. The predicted octanol–water partition coefficient (Wildman–Crippen LogP) is 2.97. The second kappa shape index (κ2) is 5.95. The first-order chi connectivity index (χ1) is 6.33. The van der Waals surface area contributed by atoms with Gasteiger partial charge in [0.05, 0.1) is 0 Å². The van der Waals surface area contributed by atoms with E-state index in [1.165, 1.54) is 5.56 Å². The molecule has 0 bridgehead atoms. The Labute approximate surface area is 84.3 Å². The summed E-state index contributed by atoms with van der Waals surface area (Å²) in [5, 5.41) is 4.28. The number of allylic oxidation sites excluding steroid dienone is 1. The van der Waals surface area contributed by atoms with Gasteiger partial charge in [0, 0.05) is 6.04 Å². The molecule has 2 N–H and O–H groups in total. The van der Waals surface area contributed by atoms with Gasteiger partial charge in [-0.15, -0.1) is 6.58 Å². The van der Waals surface area contributed by atoms with Crippen LogP contribution in [0.25, 0.3) is 0 Å². The van der Waals surface area contributed by atoms with Crippen LogP contribution in [-0.4, -0.2) is 6.04 Å². The molecule has 0 saturated carbocycles. The van der Waals surface area contributed by atoms with Crippen molar-refractivity contribution in [1.82, 2.24) is 0 Å². The summed E-state index contributed by atoms with van der Waals surface area (Å²) >= 11 is 1.74. The molecule has 0 fully saturated rings. The van der Waals surface area contributed by atoms with E-state index >= 15 is 0 Å². The summed E-state index contributed by atoms with van der Waals surface area (Å²) in [5.74, 6) is 0. The van der Waals surface area contributed by atoms with Crippen LogP contribution >= 0.6 is 11.3 Å². The van der Waals surface area contributed by atoms with Gasteiger partial charge in [0.1, 0.15) is 0 Å². The summed E-state index contributed by atoms with van der Waals surface area (Å²) in [6, 6.07) is 2.47. The van der Waals surface area contributed by atoms with Gasteiger partial charge in [-0.05, 0) is 48.1 Å². The van der Waals surface area contributed by atoms with Crippen molar-refractivity contribution < 1.29 is 0 Å². The first-order valence-corrected chi connectivity index (χ1v) is 5.64. The van der Waals surface area contributed by atoms with Crippen LogP contribution in [0.4, 0.5) is 0 Å². The summed E-state index contributed by atoms with van der Waals surface area (Å²) in [5.41, 5.74) is 7.35. The summed E-state index contributed by atoms with van der Waals surface area (Å²) in [7, 11) is 0. The van der Waals surface area contributed by atoms with E-state index in [4.69, 9.17) is 5.73 Å². The number of hydrogen-bond donors (Lipinski definition) is 1. The Bertz CT molecular complexity index is 228. The lowest BCUT2D eigenvalue weighted by Gasteiger charge is -2.08. The lowest BCUT2D eigenvalue weighted by Crippen LogP contribution is -2.22. The van der Waals surface area contributed by atoms with Crippen LogP contribution in [0.15, 0.2) is 29.5 Å². The number of nitrogens with two attached hydrogens (primary N) is 1. The number of unbranched alkanes of at least 4 members (excludes halogenated alkanes) is 1. The molecule has 0 radical (unpaired) electrons. The summed E-state index contributed by atoms with van der Waals surface area (Å²) in [6.45, 7) is 3.69. The molecule has 1 rings (SSSR count). The molecule has 72 valence electrons. The van der Waals surface area contributed by atoms with Crippen LogP contribution in [0.3, 0.4) is 0 Å². The first kappa shape index (κ1) is 10.5. The zero-order chi connectivity index (χ0) is 9.52. The smallest absolute Gasteiger partial charge is 0.00797 e. The summed E-state index contributed by atoms with van der Waals surface area (Å²) < 4.78 is 0.